The van der Waals surface area contributed by atoms with Crippen molar-refractivity contribution in [2.24, 2.45) is 0 Å². The van der Waals surface area contributed by atoms with Crippen molar-refractivity contribution in [1.82, 2.24) is 4.98 Å². The first-order valence-electron chi connectivity index (χ1n) is 5.73. The van der Waals surface area contributed by atoms with Crippen LogP contribution in [0.4, 0.5) is 13.2 Å². The summed E-state index contributed by atoms with van der Waals surface area (Å²) in [5.41, 5.74) is -0.271. The molecule has 106 valence electrons. The van der Waals surface area contributed by atoms with Crippen molar-refractivity contribution in [2.45, 2.75) is 37.9 Å². The molecule has 2 heterocycles. The lowest BCUT2D eigenvalue weighted by Crippen LogP contribution is -2.33. The van der Waals surface area contributed by atoms with Gasteiger partial charge in [-0.1, -0.05) is 0 Å². The number of thioether (sulfide) groups is 1. The van der Waals surface area contributed by atoms with Crippen LogP contribution in [0.15, 0.2) is 12.3 Å². The Bertz CT molecular complexity index is 461. The topological polar surface area (TPSA) is 31.4 Å². The molecule has 0 amide bonds. The number of ether oxygens (including phenoxy) is 2. The molecule has 0 aromatic carbocycles. The lowest BCUT2D eigenvalue weighted by Gasteiger charge is -2.35. The van der Waals surface area contributed by atoms with Crippen molar-refractivity contribution < 1.29 is 22.6 Å². The SMILES string of the molecule is CSC(C)c1cnc(C(F)(F)F)c(C2OC(C)O2)c1. The molecule has 0 N–H and O–H groups in total. The molecule has 1 aliphatic rings. The van der Waals surface area contributed by atoms with Crippen molar-refractivity contribution in [3.05, 3.63) is 29.1 Å². The number of halogens is 3. The number of hydrogen-bond donors (Lipinski definition) is 0. The van der Waals surface area contributed by atoms with E-state index in [1.54, 1.807) is 6.92 Å². The molecule has 0 saturated carbocycles. The van der Waals surface area contributed by atoms with Crippen LogP contribution in [0.2, 0.25) is 0 Å². The fourth-order valence-electron chi connectivity index (χ4n) is 1.78. The highest BCUT2D eigenvalue weighted by Gasteiger charge is 2.41. The van der Waals surface area contributed by atoms with Crippen molar-refractivity contribution >= 4 is 11.8 Å². The third-order valence-electron chi connectivity index (χ3n) is 2.91. The van der Waals surface area contributed by atoms with Crippen LogP contribution in [0.3, 0.4) is 0 Å². The van der Waals surface area contributed by atoms with Gasteiger partial charge in [-0.15, -0.1) is 0 Å². The third-order valence-corrected chi connectivity index (χ3v) is 3.89. The van der Waals surface area contributed by atoms with E-state index < -0.39 is 24.5 Å². The summed E-state index contributed by atoms with van der Waals surface area (Å²) in [6.45, 7) is 3.54. The van der Waals surface area contributed by atoms with Gasteiger partial charge in [0, 0.05) is 17.0 Å². The average molecular weight is 293 g/mol. The van der Waals surface area contributed by atoms with Gasteiger partial charge in [0.05, 0.1) is 0 Å². The van der Waals surface area contributed by atoms with E-state index in [4.69, 9.17) is 9.47 Å². The third kappa shape index (κ3) is 3.04. The maximum atomic E-state index is 12.9. The maximum absolute atomic E-state index is 12.9. The molecule has 0 radical (unpaired) electrons. The van der Waals surface area contributed by atoms with Crippen LogP contribution in [0.25, 0.3) is 0 Å². The van der Waals surface area contributed by atoms with E-state index >= 15 is 0 Å². The van der Waals surface area contributed by atoms with Crippen LogP contribution < -0.4 is 0 Å². The van der Waals surface area contributed by atoms with Gasteiger partial charge in [-0.2, -0.15) is 24.9 Å². The fraction of sp³-hybridized carbons (Fsp3) is 0.583. The predicted octanol–water partition coefficient (Wildman–Crippen LogP) is 3.92. The monoisotopic (exact) mass is 293 g/mol. The number of aromatic nitrogens is 1. The fourth-order valence-corrected chi connectivity index (χ4v) is 2.18. The molecule has 7 heteroatoms. The van der Waals surface area contributed by atoms with Gasteiger partial charge in [-0.25, -0.2) is 0 Å². The van der Waals surface area contributed by atoms with E-state index in [0.29, 0.717) is 0 Å². The zero-order valence-electron chi connectivity index (χ0n) is 10.7. The summed E-state index contributed by atoms with van der Waals surface area (Å²) >= 11 is 1.53. The lowest BCUT2D eigenvalue weighted by molar-refractivity contribution is -0.383. The second-order valence-electron chi connectivity index (χ2n) is 4.25. The van der Waals surface area contributed by atoms with Crippen LogP contribution in [0.5, 0.6) is 0 Å². The Morgan fingerprint density at radius 1 is 1.37 bits per heavy atom. The smallest absolute Gasteiger partial charge is 0.319 e. The highest BCUT2D eigenvalue weighted by atomic mass is 32.2. The highest BCUT2D eigenvalue weighted by molar-refractivity contribution is 7.98. The first-order chi connectivity index (χ1) is 8.82. The Balaban J connectivity index is 2.39. The van der Waals surface area contributed by atoms with Crippen molar-refractivity contribution in [3.8, 4) is 0 Å². The van der Waals surface area contributed by atoms with Crippen LogP contribution >= 0.6 is 11.8 Å². The Kier molecular flexibility index (Phi) is 4.08. The first kappa shape index (κ1) is 14.6. The van der Waals surface area contributed by atoms with Gasteiger partial charge in [-0.3, -0.25) is 4.98 Å². The molecular formula is C12H14F3NO2S. The van der Waals surface area contributed by atoms with Gasteiger partial charge in [0.15, 0.2) is 18.3 Å². The molecule has 2 rings (SSSR count). The highest BCUT2D eigenvalue weighted by Crippen LogP contribution is 2.40. The number of rotatable bonds is 3. The first-order valence-corrected chi connectivity index (χ1v) is 7.02. The molecule has 1 unspecified atom stereocenters. The van der Waals surface area contributed by atoms with Gasteiger partial charge in [0.25, 0.3) is 0 Å². The predicted molar refractivity (Wildman–Crippen MR) is 65.5 cm³/mol. The maximum Gasteiger partial charge on any atom is 0.433 e. The van der Waals surface area contributed by atoms with Crippen molar-refractivity contribution in [1.29, 1.82) is 0 Å². The van der Waals surface area contributed by atoms with E-state index in [1.165, 1.54) is 24.0 Å². The Morgan fingerprint density at radius 2 is 2.00 bits per heavy atom. The van der Waals surface area contributed by atoms with Gasteiger partial charge in [0.2, 0.25) is 0 Å². The largest absolute Gasteiger partial charge is 0.433 e. The van der Waals surface area contributed by atoms with E-state index in [0.717, 1.165) is 5.56 Å². The minimum atomic E-state index is -4.51. The normalized spacial score (nSPS) is 24.9. The van der Waals surface area contributed by atoms with Crippen molar-refractivity contribution in [3.63, 3.8) is 0 Å². The Morgan fingerprint density at radius 3 is 2.47 bits per heavy atom. The number of hydrogen-bond acceptors (Lipinski definition) is 4. The summed E-state index contributed by atoms with van der Waals surface area (Å²) in [6, 6.07) is 1.47. The van der Waals surface area contributed by atoms with E-state index in [-0.39, 0.29) is 10.8 Å². The van der Waals surface area contributed by atoms with Crippen LogP contribution in [-0.4, -0.2) is 17.5 Å². The summed E-state index contributed by atoms with van der Waals surface area (Å²) in [4.78, 5) is 3.55. The van der Waals surface area contributed by atoms with Crippen LogP contribution in [-0.2, 0) is 15.7 Å². The van der Waals surface area contributed by atoms with Crippen LogP contribution in [0, 0.1) is 0 Å². The molecule has 3 nitrogen and oxygen atoms in total. The van der Waals surface area contributed by atoms with Crippen molar-refractivity contribution in [2.75, 3.05) is 6.26 Å². The zero-order chi connectivity index (χ0) is 14.2. The van der Waals surface area contributed by atoms with Crippen LogP contribution in [0.1, 0.15) is 42.2 Å². The standard InChI is InChI=1S/C12H14F3NO2S/c1-6(19-3)8-4-9(11-17-7(2)18-11)10(16-5-8)12(13,14)15/h4-7,11H,1-3H3. The molecule has 0 spiro atoms. The second kappa shape index (κ2) is 5.30. The molecule has 0 aliphatic carbocycles. The molecule has 19 heavy (non-hydrogen) atoms. The Hall–Kier alpha value is -0.790. The minimum Gasteiger partial charge on any atom is -0.319 e. The molecule has 1 saturated heterocycles. The summed E-state index contributed by atoms with van der Waals surface area (Å²) in [5.74, 6) is 0. The average Bonchev–Trinajstić information content (AvgIpc) is 2.32. The van der Waals surface area contributed by atoms with Gasteiger partial charge in [-0.05, 0) is 31.7 Å². The number of pyridine rings is 1. The summed E-state index contributed by atoms with van der Waals surface area (Å²) in [6.07, 6.45) is -2.82. The number of nitrogens with zero attached hydrogens (tertiary/aromatic N) is 1. The minimum absolute atomic E-state index is 0.0519. The Labute approximate surface area is 113 Å². The molecule has 1 aromatic heterocycles. The zero-order valence-corrected chi connectivity index (χ0v) is 11.5. The summed E-state index contributed by atoms with van der Waals surface area (Å²) in [7, 11) is 0. The number of alkyl halides is 3. The quantitative estimate of drug-likeness (QED) is 0.845. The molecule has 0 bridgehead atoms. The van der Waals surface area contributed by atoms with E-state index in [2.05, 4.69) is 4.98 Å². The molecule has 1 atom stereocenters. The van der Waals surface area contributed by atoms with Gasteiger partial charge in [0.1, 0.15) is 0 Å². The molecule has 1 aliphatic heterocycles. The molecule has 1 aromatic rings. The van der Waals surface area contributed by atoms with E-state index in [9.17, 15) is 13.2 Å². The van der Waals surface area contributed by atoms with E-state index in [1.807, 2.05) is 13.2 Å². The second-order valence-corrected chi connectivity index (χ2v) is 5.43. The molecule has 1 fully saturated rings. The van der Waals surface area contributed by atoms with Gasteiger partial charge < -0.3 is 9.47 Å². The van der Waals surface area contributed by atoms with Gasteiger partial charge >= 0.3 is 6.18 Å². The summed E-state index contributed by atoms with van der Waals surface area (Å²) in [5, 5.41) is 0.0611. The molecular weight excluding hydrogens is 279 g/mol. The lowest BCUT2D eigenvalue weighted by atomic mass is 10.1. The summed E-state index contributed by atoms with van der Waals surface area (Å²) < 4.78 is 49.0.